The molecule has 1 saturated heterocycles. The lowest BCUT2D eigenvalue weighted by molar-refractivity contribution is -0.384. The summed E-state index contributed by atoms with van der Waals surface area (Å²) in [6, 6.07) is 2.99. The second-order valence-electron chi connectivity index (χ2n) is 4.71. The minimum atomic E-state index is -0.439. The lowest BCUT2D eigenvalue weighted by atomic mass is 10.1. The third kappa shape index (κ3) is 4.43. The van der Waals surface area contributed by atoms with Gasteiger partial charge in [0.2, 0.25) is 5.82 Å². The molecule has 20 heavy (non-hydrogen) atoms. The summed E-state index contributed by atoms with van der Waals surface area (Å²) in [5, 5.41) is 13.8. The zero-order chi connectivity index (χ0) is 14.2. The Morgan fingerprint density at radius 1 is 1.60 bits per heavy atom. The van der Waals surface area contributed by atoms with Crippen LogP contribution < -0.4 is 5.32 Å². The second-order valence-corrected chi connectivity index (χ2v) is 4.71. The molecule has 0 radical (unpaired) electrons. The van der Waals surface area contributed by atoms with E-state index in [-0.39, 0.29) is 5.69 Å². The van der Waals surface area contributed by atoms with E-state index in [1.54, 1.807) is 6.07 Å². The fourth-order valence-electron chi connectivity index (χ4n) is 2.03. The number of hydrogen-bond donors (Lipinski definition) is 1. The maximum atomic E-state index is 10.8. The van der Waals surface area contributed by atoms with Crippen LogP contribution in [0.25, 0.3) is 0 Å². The molecule has 2 rings (SSSR count). The molecule has 0 spiro atoms. The van der Waals surface area contributed by atoms with Gasteiger partial charge in [0.15, 0.2) is 0 Å². The molecule has 1 aliphatic rings. The quantitative estimate of drug-likeness (QED) is 0.444. The fraction of sp³-hybridized carbons (Fsp3) is 0.615. The summed E-state index contributed by atoms with van der Waals surface area (Å²) in [5.74, 6) is 0.821. The van der Waals surface area contributed by atoms with Crippen molar-refractivity contribution in [3.63, 3.8) is 0 Å². The minimum Gasteiger partial charge on any atom is -0.381 e. The van der Waals surface area contributed by atoms with Crippen LogP contribution >= 0.6 is 0 Å². The summed E-state index contributed by atoms with van der Waals surface area (Å²) in [4.78, 5) is 14.3. The third-order valence-corrected chi connectivity index (χ3v) is 3.12. The van der Waals surface area contributed by atoms with E-state index in [1.165, 1.54) is 12.3 Å². The Balaban J connectivity index is 1.62. The molecule has 1 aliphatic heterocycles. The van der Waals surface area contributed by atoms with Gasteiger partial charge in [0.1, 0.15) is 0 Å². The first-order valence-corrected chi connectivity index (χ1v) is 6.76. The summed E-state index contributed by atoms with van der Waals surface area (Å²) >= 11 is 0. The normalized spacial score (nSPS) is 18.1. The molecule has 110 valence electrons. The molecule has 7 heteroatoms. The molecule has 0 bridgehead atoms. The Morgan fingerprint density at radius 2 is 2.50 bits per heavy atom. The topological polar surface area (TPSA) is 86.5 Å². The van der Waals surface area contributed by atoms with Crippen molar-refractivity contribution in [1.82, 2.24) is 4.98 Å². The first kappa shape index (κ1) is 14.7. The number of pyridine rings is 1. The van der Waals surface area contributed by atoms with Crippen molar-refractivity contribution in [2.75, 3.05) is 38.3 Å². The van der Waals surface area contributed by atoms with Crippen molar-refractivity contribution in [1.29, 1.82) is 0 Å². The summed E-state index contributed by atoms with van der Waals surface area (Å²) in [6.07, 6.45) is 3.38. The second kappa shape index (κ2) is 7.76. The molecule has 7 nitrogen and oxygen atoms in total. The molecule has 1 N–H and O–H groups in total. The van der Waals surface area contributed by atoms with Gasteiger partial charge in [-0.05, 0) is 18.9 Å². The van der Waals surface area contributed by atoms with E-state index in [4.69, 9.17) is 9.47 Å². The number of nitro groups is 1. The molecule has 2 heterocycles. The van der Waals surface area contributed by atoms with Crippen LogP contribution in [-0.4, -0.2) is 42.9 Å². The van der Waals surface area contributed by atoms with Crippen LogP contribution in [0.1, 0.15) is 12.8 Å². The summed E-state index contributed by atoms with van der Waals surface area (Å²) in [7, 11) is 0. The molecule has 1 fully saturated rings. The molecule has 0 amide bonds. The van der Waals surface area contributed by atoms with Gasteiger partial charge in [-0.15, -0.1) is 0 Å². The Labute approximate surface area is 117 Å². The highest BCUT2D eigenvalue weighted by Gasteiger charge is 2.15. The Kier molecular flexibility index (Phi) is 5.69. The number of nitrogens with zero attached hydrogens (tertiary/aromatic N) is 2. The van der Waals surface area contributed by atoms with Gasteiger partial charge < -0.3 is 14.8 Å². The van der Waals surface area contributed by atoms with E-state index < -0.39 is 4.92 Å². The van der Waals surface area contributed by atoms with Crippen molar-refractivity contribution in [2.45, 2.75) is 12.8 Å². The molecule has 0 aliphatic carbocycles. The van der Waals surface area contributed by atoms with Gasteiger partial charge in [0.25, 0.3) is 0 Å². The van der Waals surface area contributed by atoms with Crippen molar-refractivity contribution < 1.29 is 14.4 Å². The van der Waals surface area contributed by atoms with Gasteiger partial charge in [0, 0.05) is 37.9 Å². The monoisotopic (exact) mass is 281 g/mol. The number of hydrogen-bond acceptors (Lipinski definition) is 6. The first-order chi connectivity index (χ1) is 9.77. The van der Waals surface area contributed by atoms with Gasteiger partial charge in [-0.3, -0.25) is 10.1 Å². The zero-order valence-corrected chi connectivity index (χ0v) is 11.3. The van der Waals surface area contributed by atoms with Crippen molar-refractivity contribution in [3.8, 4) is 0 Å². The largest absolute Gasteiger partial charge is 0.381 e. The minimum absolute atomic E-state index is 0.00322. The van der Waals surface area contributed by atoms with Crippen molar-refractivity contribution >= 4 is 11.5 Å². The molecule has 1 atom stereocenters. The smallest absolute Gasteiger partial charge is 0.311 e. The lowest BCUT2D eigenvalue weighted by Crippen LogP contribution is -2.12. The van der Waals surface area contributed by atoms with E-state index in [0.717, 1.165) is 32.7 Å². The van der Waals surface area contributed by atoms with Crippen molar-refractivity contribution in [3.05, 3.63) is 28.4 Å². The van der Waals surface area contributed by atoms with Gasteiger partial charge in [-0.2, -0.15) is 0 Å². The summed E-state index contributed by atoms with van der Waals surface area (Å²) in [6.45, 7) is 3.57. The van der Waals surface area contributed by atoms with Gasteiger partial charge in [-0.25, -0.2) is 4.98 Å². The molecule has 1 aromatic heterocycles. The van der Waals surface area contributed by atoms with Gasteiger partial charge in [-0.1, -0.05) is 0 Å². The molecule has 1 aromatic rings. The number of rotatable bonds is 8. The first-order valence-electron chi connectivity index (χ1n) is 6.76. The lowest BCUT2D eigenvalue weighted by Gasteiger charge is -2.09. The SMILES string of the molecule is O=[N+]([O-])c1cccnc1NCCCOCC1CCOC1. The molecular weight excluding hydrogens is 262 g/mol. The average molecular weight is 281 g/mol. The van der Waals surface area contributed by atoms with E-state index in [2.05, 4.69) is 10.3 Å². The van der Waals surface area contributed by atoms with Crippen LogP contribution in [0.4, 0.5) is 11.5 Å². The maximum Gasteiger partial charge on any atom is 0.311 e. The number of anilines is 1. The zero-order valence-electron chi connectivity index (χ0n) is 11.3. The predicted molar refractivity (Wildman–Crippen MR) is 73.7 cm³/mol. The predicted octanol–water partition coefficient (Wildman–Crippen LogP) is 1.84. The highest BCUT2D eigenvalue weighted by atomic mass is 16.6. The summed E-state index contributed by atoms with van der Waals surface area (Å²) < 4.78 is 10.8. The van der Waals surface area contributed by atoms with Crippen LogP contribution in [0.5, 0.6) is 0 Å². The standard InChI is InChI=1S/C13H19N3O4/c17-16(18)12-3-1-5-14-13(12)15-6-2-7-19-9-11-4-8-20-10-11/h1,3,5,11H,2,4,6-10H2,(H,14,15). The summed E-state index contributed by atoms with van der Waals surface area (Å²) in [5.41, 5.74) is -0.00322. The maximum absolute atomic E-state index is 10.8. The highest BCUT2D eigenvalue weighted by Crippen LogP contribution is 2.19. The number of aromatic nitrogens is 1. The van der Waals surface area contributed by atoms with Crippen LogP contribution in [0.15, 0.2) is 18.3 Å². The van der Waals surface area contributed by atoms with Crippen LogP contribution in [0.3, 0.4) is 0 Å². The Bertz CT molecular complexity index is 435. The van der Waals surface area contributed by atoms with E-state index >= 15 is 0 Å². The van der Waals surface area contributed by atoms with Crippen LogP contribution in [-0.2, 0) is 9.47 Å². The molecular formula is C13H19N3O4. The van der Waals surface area contributed by atoms with Crippen LogP contribution in [0.2, 0.25) is 0 Å². The van der Waals surface area contributed by atoms with E-state index in [0.29, 0.717) is 24.9 Å². The Hall–Kier alpha value is -1.73. The third-order valence-electron chi connectivity index (χ3n) is 3.12. The molecule has 0 saturated carbocycles. The number of nitrogens with one attached hydrogen (secondary N) is 1. The fourth-order valence-corrected chi connectivity index (χ4v) is 2.03. The number of ether oxygens (including phenoxy) is 2. The van der Waals surface area contributed by atoms with Crippen molar-refractivity contribution in [2.24, 2.45) is 5.92 Å². The molecule has 0 aromatic carbocycles. The Morgan fingerprint density at radius 3 is 3.25 bits per heavy atom. The molecule has 1 unspecified atom stereocenters. The van der Waals surface area contributed by atoms with Gasteiger partial charge in [0.05, 0.1) is 18.1 Å². The van der Waals surface area contributed by atoms with E-state index in [9.17, 15) is 10.1 Å². The van der Waals surface area contributed by atoms with Crippen LogP contribution in [0, 0.1) is 16.0 Å². The van der Waals surface area contributed by atoms with E-state index in [1.807, 2.05) is 0 Å². The van der Waals surface area contributed by atoms with Gasteiger partial charge >= 0.3 is 5.69 Å². The average Bonchev–Trinajstić information content (AvgIpc) is 2.96. The highest BCUT2D eigenvalue weighted by molar-refractivity contribution is 5.54.